The Hall–Kier alpha value is -2.74. The summed E-state index contributed by atoms with van der Waals surface area (Å²) in [5.41, 5.74) is 0.920. The van der Waals surface area contributed by atoms with Gasteiger partial charge in [0.1, 0.15) is 5.82 Å². The van der Waals surface area contributed by atoms with E-state index in [4.69, 9.17) is 0 Å². The van der Waals surface area contributed by atoms with Crippen LogP contribution in [0.25, 0.3) is 0 Å². The minimum Gasteiger partial charge on any atom is -0.349 e. The van der Waals surface area contributed by atoms with E-state index in [1.54, 1.807) is 31.2 Å². The lowest BCUT2D eigenvalue weighted by atomic mass is 10.1. The van der Waals surface area contributed by atoms with E-state index in [1.807, 2.05) is 0 Å². The smallest absolute Gasteiger partial charge is 0.227 e. The summed E-state index contributed by atoms with van der Waals surface area (Å²) in [5.74, 6) is -1.68. The first-order valence-electron chi connectivity index (χ1n) is 8.82. The zero-order valence-corrected chi connectivity index (χ0v) is 16.4. The molecule has 148 valence electrons. The van der Waals surface area contributed by atoms with E-state index in [-0.39, 0.29) is 41.4 Å². The molecule has 1 saturated heterocycles. The molecule has 28 heavy (non-hydrogen) atoms. The molecule has 1 N–H and O–H groups in total. The van der Waals surface area contributed by atoms with Crippen molar-refractivity contribution in [3.05, 3.63) is 59.9 Å². The van der Waals surface area contributed by atoms with Gasteiger partial charge in [0.15, 0.2) is 9.84 Å². The number of benzene rings is 2. The van der Waals surface area contributed by atoms with Crippen LogP contribution >= 0.6 is 0 Å². The third kappa shape index (κ3) is 4.22. The molecule has 0 saturated carbocycles. The number of anilines is 1. The van der Waals surface area contributed by atoms with E-state index in [9.17, 15) is 22.4 Å². The van der Waals surface area contributed by atoms with E-state index < -0.39 is 21.6 Å². The van der Waals surface area contributed by atoms with E-state index >= 15 is 0 Å². The van der Waals surface area contributed by atoms with Gasteiger partial charge in [-0.3, -0.25) is 9.59 Å². The highest BCUT2D eigenvalue weighted by molar-refractivity contribution is 7.90. The summed E-state index contributed by atoms with van der Waals surface area (Å²) >= 11 is 0. The van der Waals surface area contributed by atoms with Crippen molar-refractivity contribution in [1.29, 1.82) is 0 Å². The van der Waals surface area contributed by atoms with Gasteiger partial charge in [0, 0.05) is 19.2 Å². The Bertz CT molecular complexity index is 1010. The van der Waals surface area contributed by atoms with Crippen molar-refractivity contribution in [2.75, 3.05) is 17.7 Å². The molecule has 2 amide bonds. The molecule has 1 heterocycles. The van der Waals surface area contributed by atoms with Gasteiger partial charge in [-0.25, -0.2) is 12.8 Å². The monoisotopic (exact) mass is 404 g/mol. The fourth-order valence-corrected chi connectivity index (χ4v) is 3.84. The summed E-state index contributed by atoms with van der Waals surface area (Å²) in [7, 11) is -3.28. The summed E-state index contributed by atoms with van der Waals surface area (Å²) in [5, 5.41) is 2.84. The largest absolute Gasteiger partial charge is 0.349 e. The Morgan fingerprint density at radius 2 is 1.82 bits per heavy atom. The summed E-state index contributed by atoms with van der Waals surface area (Å²) in [6, 6.07) is 11.9. The molecule has 0 bridgehead atoms. The highest BCUT2D eigenvalue weighted by atomic mass is 32.2. The lowest BCUT2D eigenvalue weighted by molar-refractivity contribution is -0.126. The molecule has 3 rings (SSSR count). The molecule has 2 aromatic rings. The number of para-hydroxylation sites is 1. The number of rotatable bonds is 5. The van der Waals surface area contributed by atoms with Crippen LogP contribution in [0, 0.1) is 11.7 Å². The van der Waals surface area contributed by atoms with Gasteiger partial charge in [0.25, 0.3) is 0 Å². The molecule has 0 spiro atoms. The molecule has 1 fully saturated rings. The topological polar surface area (TPSA) is 83.6 Å². The van der Waals surface area contributed by atoms with Crippen molar-refractivity contribution in [2.45, 2.75) is 24.3 Å². The Kier molecular flexibility index (Phi) is 5.51. The molecule has 0 radical (unpaired) electrons. The zero-order valence-electron chi connectivity index (χ0n) is 15.6. The van der Waals surface area contributed by atoms with Crippen LogP contribution in [0.4, 0.5) is 10.1 Å². The predicted octanol–water partition coefficient (Wildman–Crippen LogP) is 2.46. The van der Waals surface area contributed by atoms with Crippen molar-refractivity contribution in [3.8, 4) is 0 Å². The maximum absolute atomic E-state index is 14.0. The van der Waals surface area contributed by atoms with E-state index in [2.05, 4.69) is 5.32 Å². The van der Waals surface area contributed by atoms with Crippen LogP contribution < -0.4 is 10.2 Å². The Labute approximate surface area is 163 Å². The SMILES string of the molecule is CC(NC(=O)C1CC(=O)N(c2ccccc2F)C1)c1ccc(S(C)(=O)=O)cc1. The number of amides is 2. The molecule has 0 aliphatic carbocycles. The quantitative estimate of drug-likeness (QED) is 0.830. The number of carbonyl (C=O) groups is 2. The summed E-state index contributed by atoms with van der Waals surface area (Å²) in [6.07, 6.45) is 1.14. The van der Waals surface area contributed by atoms with Gasteiger partial charge >= 0.3 is 0 Å². The van der Waals surface area contributed by atoms with Crippen molar-refractivity contribution < 1.29 is 22.4 Å². The van der Waals surface area contributed by atoms with Crippen LogP contribution in [-0.2, 0) is 19.4 Å². The Morgan fingerprint density at radius 1 is 1.18 bits per heavy atom. The average molecular weight is 404 g/mol. The lowest BCUT2D eigenvalue weighted by Gasteiger charge is -2.19. The summed E-state index contributed by atoms with van der Waals surface area (Å²) in [4.78, 5) is 26.3. The first-order valence-corrected chi connectivity index (χ1v) is 10.7. The van der Waals surface area contributed by atoms with Gasteiger partial charge in [0.2, 0.25) is 11.8 Å². The zero-order chi connectivity index (χ0) is 20.5. The van der Waals surface area contributed by atoms with Crippen LogP contribution in [-0.4, -0.2) is 33.0 Å². The highest BCUT2D eigenvalue weighted by Gasteiger charge is 2.36. The van der Waals surface area contributed by atoms with Gasteiger partial charge in [-0.15, -0.1) is 0 Å². The van der Waals surface area contributed by atoms with Gasteiger partial charge in [-0.05, 0) is 36.8 Å². The molecule has 6 nitrogen and oxygen atoms in total. The van der Waals surface area contributed by atoms with Gasteiger partial charge in [0.05, 0.1) is 22.5 Å². The number of sulfone groups is 1. The average Bonchev–Trinajstić information content (AvgIpc) is 3.03. The fraction of sp³-hybridized carbons (Fsp3) is 0.300. The van der Waals surface area contributed by atoms with Gasteiger partial charge in [-0.1, -0.05) is 24.3 Å². The third-order valence-corrected chi connectivity index (χ3v) is 5.93. The van der Waals surface area contributed by atoms with Crippen LogP contribution in [0.3, 0.4) is 0 Å². The predicted molar refractivity (Wildman–Crippen MR) is 103 cm³/mol. The molecular weight excluding hydrogens is 383 g/mol. The van der Waals surface area contributed by atoms with Gasteiger partial charge < -0.3 is 10.2 Å². The molecule has 0 aromatic heterocycles. The first kappa shape index (κ1) is 20.0. The molecule has 2 unspecified atom stereocenters. The van der Waals surface area contributed by atoms with Gasteiger partial charge in [-0.2, -0.15) is 0 Å². The summed E-state index contributed by atoms with van der Waals surface area (Å²) in [6.45, 7) is 1.89. The summed E-state index contributed by atoms with van der Waals surface area (Å²) < 4.78 is 37.0. The fourth-order valence-electron chi connectivity index (χ4n) is 3.20. The Balaban J connectivity index is 1.66. The second-order valence-electron chi connectivity index (χ2n) is 6.93. The Morgan fingerprint density at radius 3 is 2.43 bits per heavy atom. The number of nitrogens with one attached hydrogen (secondary N) is 1. The molecule has 8 heteroatoms. The van der Waals surface area contributed by atoms with Crippen LogP contribution in [0.1, 0.15) is 24.9 Å². The number of nitrogens with zero attached hydrogens (tertiary/aromatic N) is 1. The second-order valence-corrected chi connectivity index (χ2v) is 8.94. The van der Waals surface area contributed by atoms with Crippen molar-refractivity contribution >= 4 is 27.3 Å². The van der Waals surface area contributed by atoms with E-state index in [1.165, 1.54) is 29.2 Å². The number of carbonyl (C=O) groups excluding carboxylic acids is 2. The standard InChI is InChI=1S/C20H21FN2O4S/c1-13(14-7-9-16(10-8-14)28(2,26)27)22-20(25)15-11-19(24)23(12-15)18-6-4-3-5-17(18)21/h3-10,13,15H,11-12H2,1-2H3,(H,22,25). The van der Waals surface area contributed by atoms with E-state index in [0.29, 0.717) is 0 Å². The maximum atomic E-state index is 14.0. The minimum atomic E-state index is -3.28. The molecule has 1 aliphatic rings. The molecule has 2 aromatic carbocycles. The number of hydrogen-bond acceptors (Lipinski definition) is 4. The number of hydrogen-bond donors (Lipinski definition) is 1. The molecule has 2 atom stereocenters. The van der Waals surface area contributed by atoms with Crippen molar-refractivity contribution in [3.63, 3.8) is 0 Å². The van der Waals surface area contributed by atoms with E-state index in [0.717, 1.165) is 11.8 Å². The molecular formula is C20H21FN2O4S. The van der Waals surface area contributed by atoms with Crippen LogP contribution in [0.15, 0.2) is 53.4 Å². The van der Waals surface area contributed by atoms with Crippen LogP contribution in [0.5, 0.6) is 0 Å². The third-order valence-electron chi connectivity index (χ3n) is 4.81. The highest BCUT2D eigenvalue weighted by Crippen LogP contribution is 2.28. The van der Waals surface area contributed by atoms with Crippen molar-refractivity contribution in [2.24, 2.45) is 5.92 Å². The molecule has 1 aliphatic heterocycles. The van der Waals surface area contributed by atoms with Crippen molar-refractivity contribution in [1.82, 2.24) is 5.32 Å². The minimum absolute atomic E-state index is 0.0138. The second kappa shape index (κ2) is 7.71. The number of halogens is 1. The lowest BCUT2D eigenvalue weighted by Crippen LogP contribution is -2.34. The van der Waals surface area contributed by atoms with Crippen LogP contribution in [0.2, 0.25) is 0 Å². The normalized spacial score (nSPS) is 18.2. The first-order chi connectivity index (χ1) is 13.2. The maximum Gasteiger partial charge on any atom is 0.227 e.